The van der Waals surface area contributed by atoms with E-state index in [1.54, 1.807) is 12.1 Å². The van der Waals surface area contributed by atoms with Crippen molar-refractivity contribution in [3.05, 3.63) is 95.9 Å². The third-order valence-corrected chi connectivity index (χ3v) is 5.08. The summed E-state index contributed by atoms with van der Waals surface area (Å²) in [6, 6.07) is 24.1. The number of rotatable bonds is 6. The SMILES string of the molecule is CC(C)(C=O)c1cc2c(OCc3ccccc3)cccc2n1-c1ccc(F)cc1. The number of halogens is 1. The molecule has 4 rings (SSSR count). The number of fused-ring (bicyclic) bond motifs is 1. The Kier molecular flexibility index (Phi) is 4.93. The molecule has 1 aromatic heterocycles. The monoisotopic (exact) mass is 387 g/mol. The molecule has 29 heavy (non-hydrogen) atoms. The van der Waals surface area contributed by atoms with Crippen molar-refractivity contribution < 1.29 is 13.9 Å². The van der Waals surface area contributed by atoms with Gasteiger partial charge in [0.15, 0.2) is 0 Å². The lowest BCUT2D eigenvalue weighted by Crippen LogP contribution is -2.22. The molecule has 4 aromatic rings. The third kappa shape index (κ3) is 3.66. The summed E-state index contributed by atoms with van der Waals surface area (Å²) in [5, 5.41) is 0.915. The van der Waals surface area contributed by atoms with Crippen molar-refractivity contribution in [2.75, 3.05) is 0 Å². The van der Waals surface area contributed by atoms with Crippen LogP contribution in [0.4, 0.5) is 4.39 Å². The first kappa shape index (κ1) is 18.9. The van der Waals surface area contributed by atoms with E-state index in [0.29, 0.717) is 6.61 Å². The summed E-state index contributed by atoms with van der Waals surface area (Å²) in [6.07, 6.45) is 0.936. The summed E-state index contributed by atoms with van der Waals surface area (Å²) in [5.74, 6) is 0.448. The van der Waals surface area contributed by atoms with Crippen LogP contribution in [0.25, 0.3) is 16.6 Å². The standard InChI is InChI=1S/C25H22FNO2/c1-25(2,17-28)24-15-21-22(27(24)20-13-11-19(26)12-14-20)9-6-10-23(21)29-16-18-7-4-3-5-8-18/h3-15,17H,16H2,1-2H3. The molecule has 4 heteroatoms. The summed E-state index contributed by atoms with van der Waals surface area (Å²) < 4.78 is 21.6. The number of hydrogen-bond donors (Lipinski definition) is 0. The summed E-state index contributed by atoms with van der Waals surface area (Å²) in [4.78, 5) is 11.8. The Labute approximate surface area is 169 Å². The second-order valence-corrected chi connectivity index (χ2v) is 7.64. The largest absolute Gasteiger partial charge is 0.488 e. The van der Waals surface area contributed by atoms with Crippen LogP contribution in [0.5, 0.6) is 5.75 Å². The maximum atomic E-state index is 13.5. The predicted molar refractivity (Wildman–Crippen MR) is 113 cm³/mol. The minimum absolute atomic E-state index is 0.298. The van der Waals surface area contributed by atoms with Crippen LogP contribution in [-0.2, 0) is 16.8 Å². The van der Waals surface area contributed by atoms with E-state index in [1.807, 2.05) is 73.0 Å². The molecular formula is C25H22FNO2. The molecule has 146 valence electrons. The zero-order valence-corrected chi connectivity index (χ0v) is 16.4. The Balaban J connectivity index is 1.85. The van der Waals surface area contributed by atoms with Gasteiger partial charge < -0.3 is 14.1 Å². The summed E-state index contributed by atoms with van der Waals surface area (Å²) in [5.41, 5.74) is 2.89. The highest BCUT2D eigenvalue weighted by molar-refractivity contribution is 5.90. The van der Waals surface area contributed by atoms with Crippen LogP contribution in [0.1, 0.15) is 25.1 Å². The average Bonchev–Trinajstić information content (AvgIpc) is 3.15. The lowest BCUT2D eigenvalue weighted by Gasteiger charge is -2.21. The van der Waals surface area contributed by atoms with Crippen molar-refractivity contribution in [3.63, 3.8) is 0 Å². The molecule has 0 amide bonds. The lowest BCUT2D eigenvalue weighted by atomic mass is 9.91. The lowest BCUT2D eigenvalue weighted by molar-refractivity contribution is -0.111. The molecule has 3 nitrogen and oxygen atoms in total. The molecule has 0 radical (unpaired) electrons. The quantitative estimate of drug-likeness (QED) is 0.390. The molecule has 0 fully saturated rings. The fraction of sp³-hybridized carbons (Fsp3) is 0.160. The van der Waals surface area contributed by atoms with Crippen molar-refractivity contribution in [2.45, 2.75) is 25.9 Å². The van der Waals surface area contributed by atoms with E-state index in [-0.39, 0.29) is 5.82 Å². The molecule has 0 spiro atoms. The van der Waals surface area contributed by atoms with Gasteiger partial charge in [-0.25, -0.2) is 4.39 Å². The van der Waals surface area contributed by atoms with Gasteiger partial charge in [0, 0.05) is 16.8 Å². The van der Waals surface area contributed by atoms with Crippen molar-refractivity contribution >= 4 is 17.2 Å². The molecule has 0 saturated heterocycles. The molecule has 0 aliphatic heterocycles. The van der Waals surface area contributed by atoms with E-state index in [2.05, 4.69) is 0 Å². The number of hydrogen-bond acceptors (Lipinski definition) is 2. The molecule has 1 heterocycles. The Morgan fingerprint density at radius 2 is 1.69 bits per heavy atom. The maximum absolute atomic E-state index is 13.5. The molecule has 0 saturated carbocycles. The fourth-order valence-electron chi connectivity index (χ4n) is 3.47. The van der Waals surface area contributed by atoms with Crippen molar-refractivity contribution in [1.29, 1.82) is 0 Å². The molecule has 0 aliphatic rings. The first-order chi connectivity index (χ1) is 14.0. The highest BCUT2D eigenvalue weighted by atomic mass is 19.1. The van der Waals surface area contributed by atoms with Gasteiger partial charge in [0.1, 0.15) is 24.5 Å². The number of aromatic nitrogens is 1. The third-order valence-electron chi connectivity index (χ3n) is 5.08. The maximum Gasteiger partial charge on any atom is 0.131 e. The van der Waals surface area contributed by atoms with E-state index in [9.17, 15) is 9.18 Å². The molecule has 0 unspecified atom stereocenters. The van der Waals surface area contributed by atoms with Gasteiger partial charge in [0.05, 0.1) is 10.9 Å². The molecule has 0 aliphatic carbocycles. The van der Waals surface area contributed by atoms with Crippen LogP contribution in [0.15, 0.2) is 78.9 Å². The van der Waals surface area contributed by atoms with Crippen LogP contribution in [0.3, 0.4) is 0 Å². The van der Waals surface area contributed by atoms with E-state index in [0.717, 1.165) is 39.9 Å². The first-order valence-corrected chi connectivity index (χ1v) is 9.53. The number of aldehydes is 1. The van der Waals surface area contributed by atoms with Crippen LogP contribution >= 0.6 is 0 Å². The zero-order valence-electron chi connectivity index (χ0n) is 16.4. The second-order valence-electron chi connectivity index (χ2n) is 7.64. The Morgan fingerprint density at radius 3 is 2.38 bits per heavy atom. The van der Waals surface area contributed by atoms with Crippen LogP contribution in [0.2, 0.25) is 0 Å². The molecule has 3 aromatic carbocycles. The normalized spacial score (nSPS) is 11.6. The highest BCUT2D eigenvalue weighted by Crippen LogP contribution is 2.36. The molecular weight excluding hydrogens is 365 g/mol. The number of carbonyl (C=O) groups is 1. The molecule has 0 atom stereocenters. The van der Waals surface area contributed by atoms with Crippen LogP contribution in [-0.4, -0.2) is 10.9 Å². The molecule has 0 bridgehead atoms. The van der Waals surface area contributed by atoms with Gasteiger partial charge in [-0.1, -0.05) is 36.4 Å². The number of nitrogens with zero attached hydrogens (tertiary/aromatic N) is 1. The topological polar surface area (TPSA) is 31.2 Å². The van der Waals surface area contributed by atoms with E-state index in [1.165, 1.54) is 12.1 Å². The second kappa shape index (κ2) is 7.55. The number of carbonyl (C=O) groups excluding carboxylic acids is 1. The Morgan fingerprint density at radius 1 is 0.966 bits per heavy atom. The van der Waals surface area contributed by atoms with E-state index in [4.69, 9.17) is 4.74 Å². The van der Waals surface area contributed by atoms with Gasteiger partial charge in [0.25, 0.3) is 0 Å². The summed E-state index contributed by atoms with van der Waals surface area (Å²) in [7, 11) is 0. The summed E-state index contributed by atoms with van der Waals surface area (Å²) >= 11 is 0. The summed E-state index contributed by atoms with van der Waals surface area (Å²) in [6.45, 7) is 4.20. The Hall–Kier alpha value is -3.40. The highest BCUT2D eigenvalue weighted by Gasteiger charge is 2.27. The van der Waals surface area contributed by atoms with Gasteiger partial charge in [-0.05, 0) is 61.9 Å². The van der Waals surface area contributed by atoms with Crippen LogP contribution in [0, 0.1) is 5.82 Å². The van der Waals surface area contributed by atoms with Gasteiger partial charge in [0.2, 0.25) is 0 Å². The fourth-order valence-corrected chi connectivity index (χ4v) is 3.47. The number of benzene rings is 3. The van der Waals surface area contributed by atoms with Crippen LogP contribution < -0.4 is 4.74 Å². The van der Waals surface area contributed by atoms with Gasteiger partial charge in [-0.2, -0.15) is 0 Å². The predicted octanol–water partition coefficient (Wildman–Crippen LogP) is 5.83. The molecule has 0 N–H and O–H groups in total. The Bertz CT molecular complexity index is 1140. The first-order valence-electron chi connectivity index (χ1n) is 9.53. The zero-order chi connectivity index (χ0) is 20.4. The van der Waals surface area contributed by atoms with Gasteiger partial charge in [-0.15, -0.1) is 0 Å². The van der Waals surface area contributed by atoms with Gasteiger partial charge >= 0.3 is 0 Å². The average molecular weight is 387 g/mol. The van der Waals surface area contributed by atoms with Crippen molar-refractivity contribution in [2.24, 2.45) is 0 Å². The van der Waals surface area contributed by atoms with E-state index >= 15 is 0 Å². The van der Waals surface area contributed by atoms with Crippen molar-refractivity contribution in [1.82, 2.24) is 4.57 Å². The van der Waals surface area contributed by atoms with E-state index < -0.39 is 5.41 Å². The van der Waals surface area contributed by atoms with Crippen molar-refractivity contribution in [3.8, 4) is 11.4 Å². The minimum atomic E-state index is -0.718. The smallest absolute Gasteiger partial charge is 0.131 e. The number of ether oxygens (including phenoxy) is 1. The van der Waals surface area contributed by atoms with Gasteiger partial charge in [-0.3, -0.25) is 0 Å². The minimum Gasteiger partial charge on any atom is -0.488 e.